The molecule has 0 radical (unpaired) electrons. The maximum Gasteiger partial charge on any atom is 0.387 e. The molecule has 2 aromatic rings. The van der Waals surface area contributed by atoms with Crippen molar-refractivity contribution in [3.05, 3.63) is 52.5 Å². The maximum atomic E-state index is 12.3. The summed E-state index contributed by atoms with van der Waals surface area (Å²) < 4.78 is 40.5. The minimum atomic E-state index is -2.94. The van der Waals surface area contributed by atoms with Crippen LogP contribution < -0.4 is 19.5 Å². The van der Waals surface area contributed by atoms with Gasteiger partial charge in [-0.3, -0.25) is 4.79 Å². The third kappa shape index (κ3) is 5.87. The van der Waals surface area contributed by atoms with E-state index in [-0.39, 0.29) is 24.0 Å². The summed E-state index contributed by atoms with van der Waals surface area (Å²) in [6.07, 6.45) is -0.695. The van der Waals surface area contributed by atoms with Crippen LogP contribution in [-0.2, 0) is 11.3 Å². The molecule has 1 unspecified atom stereocenters. The van der Waals surface area contributed by atoms with Crippen LogP contribution in [0.1, 0.15) is 12.5 Å². The monoisotopic (exact) mass is 429 g/mol. The van der Waals surface area contributed by atoms with Gasteiger partial charge in [0, 0.05) is 11.0 Å². The zero-order valence-corrected chi connectivity index (χ0v) is 15.8. The second kappa shape index (κ2) is 9.38. The maximum absolute atomic E-state index is 12.3. The van der Waals surface area contributed by atoms with Gasteiger partial charge in [0.1, 0.15) is 5.75 Å². The molecule has 0 saturated heterocycles. The van der Waals surface area contributed by atoms with Gasteiger partial charge >= 0.3 is 6.61 Å². The zero-order chi connectivity index (χ0) is 19.1. The molecule has 0 bridgehead atoms. The van der Waals surface area contributed by atoms with Crippen LogP contribution in [0.3, 0.4) is 0 Å². The third-order valence-corrected chi connectivity index (χ3v) is 3.94. The summed E-state index contributed by atoms with van der Waals surface area (Å²) in [5.74, 6) is 0.367. The Bertz CT molecular complexity index is 740. The van der Waals surface area contributed by atoms with E-state index in [1.807, 2.05) is 12.1 Å². The molecule has 2 aromatic carbocycles. The van der Waals surface area contributed by atoms with Gasteiger partial charge in [-0.05, 0) is 48.9 Å². The molecule has 0 spiro atoms. The predicted molar refractivity (Wildman–Crippen MR) is 95.7 cm³/mol. The molecule has 0 heterocycles. The molecule has 8 heteroatoms. The highest BCUT2D eigenvalue weighted by Gasteiger charge is 2.15. The standard InChI is InChI=1S/C18H18BrF2NO4/c1-11(25-14-6-4-13(19)5-7-14)17(23)22-10-12-3-8-15(26-18(20)21)16(9-12)24-2/h3-9,11,18H,10H2,1-2H3,(H,22,23). The molecule has 0 aromatic heterocycles. The number of hydrogen-bond donors (Lipinski definition) is 1. The molecule has 5 nitrogen and oxygen atoms in total. The average molecular weight is 430 g/mol. The number of rotatable bonds is 8. The highest BCUT2D eigenvalue weighted by atomic mass is 79.9. The van der Waals surface area contributed by atoms with Crippen molar-refractivity contribution in [3.8, 4) is 17.2 Å². The van der Waals surface area contributed by atoms with E-state index in [1.165, 1.54) is 19.2 Å². The summed E-state index contributed by atoms with van der Waals surface area (Å²) in [5.41, 5.74) is 0.674. The Hall–Kier alpha value is -2.35. The molecule has 140 valence electrons. The SMILES string of the molecule is COc1cc(CNC(=O)C(C)Oc2ccc(Br)cc2)ccc1OC(F)F. The van der Waals surface area contributed by atoms with Gasteiger partial charge in [0.2, 0.25) is 0 Å². The second-order valence-electron chi connectivity index (χ2n) is 5.30. The van der Waals surface area contributed by atoms with Crippen LogP contribution in [0.25, 0.3) is 0 Å². The fourth-order valence-corrected chi connectivity index (χ4v) is 2.38. The van der Waals surface area contributed by atoms with Crippen molar-refractivity contribution in [1.29, 1.82) is 0 Å². The van der Waals surface area contributed by atoms with Crippen molar-refractivity contribution < 1.29 is 27.8 Å². The van der Waals surface area contributed by atoms with Gasteiger partial charge in [-0.25, -0.2) is 0 Å². The van der Waals surface area contributed by atoms with E-state index in [9.17, 15) is 13.6 Å². The van der Waals surface area contributed by atoms with E-state index in [1.54, 1.807) is 25.1 Å². The molecule has 0 fully saturated rings. The highest BCUT2D eigenvalue weighted by molar-refractivity contribution is 9.10. The molecule has 0 aliphatic carbocycles. The number of carbonyl (C=O) groups excluding carboxylic acids is 1. The van der Waals surface area contributed by atoms with Crippen molar-refractivity contribution >= 4 is 21.8 Å². The van der Waals surface area contributed by atoms with Crippen molar-refractivity contribution in [2.24, 2.45) is 0 Å². The lowest BCUT2D eigenvalue weighted by Crippen LogP contribution is -2.35. The van der Waals surface area contributed by atoms with Crippen LogP contribution in [0, 0.1) is 0 Å². The van der Waals surface area contributed by atoms with E-state index in [0.717, 1.165) is 4.47 Å². The smallest absolute Gasteiger partial charge is 0.387 e. The summed E-state index contributed by atoms with van der Waals surface area (Å²) in [6.45, 7) is -1.11. The molecule has 0 aliphatic rings. The van der Waals surface area contributed by atoms with Gasteiger partial charge < -0.3 is 19.5 Å². The Kier molecular flexibility index (Phi) is 7.20. The molecule has 1 amide bonds. The first-order valence-corrected chi connectivity index (χ1v) is 8.50. The molecule has 1 N–H and O–H groups in total. The Morgan fingerprint density at radius 2 is 1.81 bits per heavy atom. The number of halogens is 3. The Labute approximate surface area is 158 Å². The van der Waals surface area contributed by atoms with Gasteiger partial charge in [0.25, 0.3) is 5.91 Å². The van der Waals surface area contributed by atoms with Crippen LogP contribution in [0.2, 0.25) is 0 Å². The number of carbonyl (C=O) groups is 1. The van der Waals surface area contributed by atoms with Crippen molar-refractivity contribution in [3.63, 3.8) is 0 Å². The number of methoxy groups -OCH3 is 1. The summed E-state index contributed by atoms with van der Waals surface area (Å²) in [6, 6.07) is 11.6. The molecular formula is C18H18BrF2NO4. The van der Waals surface area contributed by atoms with E-state index < -0.39 is 12.7 Å². The van der Waals surface area contributed by atoms with E-state index in [4.69, 9.17) is 9.47 Å². The fourth-order valence-electron chi connectivity index (χ4n) is 2.12. The highest BCUT2D eigenvalue weighted by Crippen LogP contribution is 2.29. The van der Waals surface area contributed by atoms with Crippen molar-refractivity contribution in [2.45, 2.75) is 26.2 Å². The Morgan fingerprint density at radius 1 is 1.12 bits per heavy atom. The van der Waals surface area contributed by atoms with Crippen molar-refractivity contribution in [1.82, 2.24) is 5.32 Å². The number of hydrogen-bond acceptors (Lipinski definition) is 4. The lowest BCUT2D eigenvalue weighted by molar-refractivity contribution is -0.127. The molecule has 2 rings (SSSR count). The van der Waals surface area contributed by atoms with Crippen LogP contribution in [0.5, 0.6) is 17.2 Å². The first-order chi connectivity index (χ1) is 12.4. The minimum Gasteiger partial charge on any atom is -0.493 e. The summed E-state index contributed by atoms with van der Waals surface area (Å²) in [5, 5.41) is 2.72. The zero-order valence-electron chi connectivity index (χ0n) is 14.2. The third-order valence-electron chi connectivity index (χ3n) is 3.41. The Morgan fingerprint density at radius 3 is 2.42 bits per heavy atom. The minimum absolute atomic E-state index is 0.0653. The number of benzene rings is 2. The summed E-state index contributed by atoms with van der Waals surface area (Å²) in [4.78, 5) is 12.2. The van der Waals surface area contributed by atoms with Gasteiger partial charge in [-0.15, -0.1) is 0 Å². The lowest BCUT2D eigenvalue weighted by Gasteiger charge is -2.15. The van der Waals surface area contributed by atoms with Crippen molar-refractivity contribution in [2.75, 3.05) is 7.11 Å². The second-order valence-corrected chi connectivity index (χ2v) is 6.21. The van der Waals surface area contributed by atoms with E-state index >= 15 is 0 Å². The number of alkyl halides is 2. The number of amides is 1. The summed E-state index contributed by atoms with van der Waals surface area (Å²) in [7, 11) is 1.35. The molecule has 1 atom stereocenters. The Balaban J connectivity index is 1.92. The average Bonchev–Trinajstić information content (AvgIpc) is 2.62. The number of nitrogens with one attached hydrogen (secondary N) is 1. The number of ether oxygens (including phenoxy) is 3. The normalized spacial score (nSPS) is 11.8. The molecule has 26 heavy (non-hydrogen) atoms. The van der Waals surface area contributed by atoms with Gasteiger partial charge in [-0.2, -0.15) is 8.78 Å². The molecule has 0 saturated carbocycles. The van der Waals surface area contributed by atoms with E-state index in [2.05, 4.69) is 26.0 Å². The molecular weight excluding hydrogens is 412 g/mol. The summed E-state index contributed by atoms with van der Waals surface area (Å²) >= 11 is 3.33. The van der Waals surface area contributed by atoms with Crippen LogP contribution in [-0.4, -0.2) is 25.7 Å². The quantitative estimate of drug-likeness (QED) is 0.684. The fraction of sp³-hybridized carbons (Fsp3) is 0.278. The largest absolute Gasteiger partial charge is 0.493 e. The van der Waals surface area contributed by atoms with Gasteiger partial charge in [0.15, 0.2) is 17.6 Å². The topological polar surface area (TPSA) is 56.8 Å². The van der Waals surface area contributed by atoms with Crippen LogP contribution in [0.15, 0.2) is 46.9 Å². The van der Waals surface area contributed by atoms with Crippen LogP contribution in [0.4, 0.5) is 8.78 Å². The lowest BCUT2D eigenvalue weighted by atomic mass is 10.2. The van der Waals surface area contributed by atoms with Crippen LogP contribution >= 0.6 is 15.9 Å². The first kappa shape index (κ1) is 20.0. The predicted octanol–water partition coefficient (Wildman–Crippen LogP) is 4.14. The van der Waals surface area contributed by atoms with E-state index in [0.29, 0.717) is 11.3 Å². The van der Waals surface area contributed by atoms with Gasteiger partial charge in [-0.1, -0.05) is 22.0 Å². The first-order valence-electron chi connectivity index (χ1n) is 7.70. The molecule has 0 aliphatic heterocycles. The van der Waals surface area contributed by atoms with Gasteiger partial charge in [0.05, 0.1) is 7.11 Å².